The Morgan fingerprint density at radius 3 is 2.52 bits per heavy atom. The van der Waals surface area contributed by atoms with Crippen LogP contribution in [-0.2, 0) is 11.2 Å². The van der Waals surface area contributed by atoms with Crippen molar-refractivity contribution >= 4 is 17.5 Å². The molecule has 3 aromatic rings. The Bertz CT molecular complexity index is 1060. The largest absolute Gasteiger partial charge is 0.494 e. The molecule has 1 fully saturated rings. The minimum Gasteiger partial charge on any atom is -0.494 e. The summed E-state index contributed by atoms with van der Waals surface area (Å²) < 4.78 is 7.44. The number of carbonyl (C=O) groups excluding carboxylic acids is 1. The van der Waals surface area contributed by atoms with Crippen molar-refractivity contribution in [2.45, 2.75) is 46.1 Å². The van der Waals surface area contributed by atoms with E-state index >= 15 is 0 Å². The minimum absolute atomic E-state index is 0.120. The van der Waals surface area contributed by atoms with Gasteiger partial charge in [-0.25, -0.2) is 4.68 Å². The molecule has 2 heterocycles. The lowest BCUT2D eigenvalue weighted by Crippen LogP contribution is -2.32. The van der Waals surface area contributed by atoms with E-state index < -0.39 is 0 Å². The molecule has 0 spiro atoms. The van der Waals surface area contributed by atoms with Crippen LogP contribution in [0.3, 0.4) is 0 Å². The fourth-order valence-corrected chi connectivity index (χ4v) is 4.51. The SMILES string of the molecule is CCOc1ccc(C2CCCN2C(=O)Cc2c(C)nn(-c3ccc(Cl)cc3)c2C)cc1. The first kappa shape index (κ1) is 21.4. The molecule has 0 aliphatic carbocycles. The molecule has 1 atom stereocenters. The lowest BCUT2D eigenvalue weighted by molar-refractivity contribution is -0.131. The van der Waals surface area contributed by atoms with Crippen molar-refractivity contribution in [1.82, 2.24) is 14.7 Å². The number of nitrogens with zero attached hydrogens (tertiary/aromatic N) is 3. The van der Waals surface area contributed by atoms with Crippen LogP contribution in [-0.4, -0.2) is 33.7 Å². The molecular weight excluding hydrogens is 410 g/mol. The van der Waals surface area contributed by atoms with Gasteiger partial charge in [-0.2, -0.15) is 5.10 Å². The fraction of sp³-hybridized carbons (Fsp3) is 0.360. The predicted octanol–water partition coefficient (Wildman–Crippen LogP) is 5.45. The maximum absolute atomic E-state index is 13.3. The maximum Gasteiger partial charge on any atom is 0.227 e. The summed E-state index contributed by atoms with van der Waals surface area (Å²) in [6.45, 7) is 7.40. The Kier molecular flexibility index (Phi) is 6.33. The smallest absolute Gasteiger partial charge is 0.227 e. The van der Waals surface area contributed by atoms with E-state index in [4.69, 9.17) is 16.3 Å². The summed E-state index contributed by atoms with van der Waals surface area (Å²) >= 11 is 6.02. The van der Waals surface area contributed by atoms with E-state index in [1.54, 1.807) is 0 Å². The van der Waals surface area contributed by atoms with E-state index in [0.717, 1.165) is 47.8 Å². The first-order chi connectivity index (χ1) is 15.0. The summed E-state index contributed by atoms with van der Waals surface area (Å²) in [7, 11) is 0. The Morgan fingerprint density at radius 1 is 1.13 bits per heavy atom. The van der Waals surface area contributed by atoms with Crippen molar-refractivity contribution in [2.75, 3.05) is 13.2 Å². The number of benzene rings is 2. The first-order valence-corrected chi connectivity index (χ1v) is 11.2. The molecule has 1 aliphatic heterocycles. The van der Waals surface area contributed by atoms with Crippen LogP contribution in [0.15, 0.2) is 48.5 Å². The van der Waals surface area contributed by atoms with E-state index in [2.05, 4.69) is 17.2 Å². The average Bonchev–Trinajstić information content (AvgIpc) is 3.36. The molecule has 2 aromatic carbocycles. The zero-order valence-electron chi connectivity index (χ0n) is 18.3. The van der Waals surface area contributed by atoms with Gasteiger partial charge in [0.15, 0.2) is 0 Å². The van der Waals surface area contributed by atoms with Crippen LogP contribution in [0.1, 0.15) is 48.3 Å². The summed E-state index contributed by atoms with van der Waals surface area (Å²) in [6, 6.07) is 15.8. The predicted molar refractivity (Wildman–Crippen MR) is 123 cm³/mol. The number of ether oxygens (including phenoxy) is 1. The second-order valence-corrected chi connectivity index (χ2v) is 8.40. The van der Waals surface area contributed by atoms with Gasteiger partial charge in [-0.15, -0.1) is 0 Å². The second-order valence-electron chi connectivity index (χ2n) is 7.96. The van der Waals surface area contributed by atoms with Crippen LogP contribution in [0, 0.1) is 13.8 Å². The van der Waals surface area contributed by atoms with Gasteiger partial charge in [-0.3, -0.25) is 4.79 Å². The van der Waals surface area contributed by atoms with Gasteiger partial charge in [0.1, 0.15) is 5.75 Å². The monoisotopic (exact) mass is 437 g/mol. The van der Waals surface area contributed by atoms with E-state index in [9.17, 15) is 4.79 Å². The molecule has 0 bridgehead atoms. The Hall–Kier alpha value is -2.79. The molecule has 4 rings (SSSR count). The van der Waals surface area contributed by atoms with Gasteiger partial charge in [0, 0.05) is 22.8 Å². The van der Waals surface area contributed by atoms with Crippen LogP contribution in [0.4, 0.5) is 0 Å². The van der Waals surface area contributed by atoms with Crippen molar-refractivity contribution in [3.05, 3.63) is 76.1 Å². The van der Waals surface area contributed by atoms with E-state index in [-0.39, 0.29) is 11.9 Å². The highest BCUT2D eigenvalue weighted by molar-refractivity contribution is 6.30. The minimum atomic E-state index is 0.120. The van der Waals surface area contributed by atoms with Crippen molar-refractivity contribution in [3.8, 4) is 11.4 Å². The normalized spacial score (nSPS) is 16.0. The zero-order chi connectivity index (χ0) is 22.0. The number of aromatic nitrogens is 2. The van der Waals surface area contributed by atoms with Crippen molar-refractivity contribution in [3.63, 3.8) is 0 Å². The quantitative estimate of drug-likeness (QED) is 0.515. The number of hydrogen-bond acceptors (Lipinski definition) is 3. The number of rotatable bonds is 6. The van der Waals surface area contributed by atoms with Crippen LogP contribution in [0.5, 0.6) is 5.75 Å². The Labute approximate surface area is 188 Å². The molecule has 0 N–H and O–H groups in total. The van der Waals surface area contributed by atoms with Gasteiger partial charge in [0.25, 0.3) is 0 Å². The molecule has 31 heavy (non-hydrogen) atoms. The number of halogens is 1. The summed E-state index contributed by atoms with van der Waals surface area (Å²) in [5.41, 5.74) is 4.98. The Balaban J connectivity index is 1.53. The molecule has 0 saturated carbocycles. The fourth-order valence-electron chi connectivity index (χ4n) is 4.38. The molecule has 5 nitrogen and oxygen atoms in total. The van der Waals surface area contributed by atoms with E-state index in [1.807, 2.05) is 66.8 Å². The van der Waals surface area contributed by atoms with Gasteiger partial charge in [0.05, 0.1) is 30.5 Å². The molecule has 162 valence electrons. The highest BCUT2D eigenvalue weighted by Gasteiger charge is 2.31. The highest BCUT2D eigenvalue weighted by atomic mass is 35.5. The molecule has 1 saturated heterocycles. The van der Waals surface area contributed by atoms with Crippen LogP contribution < -0.4 is 4.74 Å². The molecule has 0 radical (unpaired) electrons. The lowest BCUT2D eigenvalue weighted by atomic mass is 10.0. The van der Waals surface area contributed by atoms with Crippen molar-refractivity contribution in [2.24, 2.45) is 0 Å². The van der Waals surface area contributed by atoms with E-state index in [1.165, 1.54) is 5.56 Å². The molecular formula is C25H28ClN3O2. The summed E-state index contributed by atoms with van der Waals surface area (Å²) in [4.78, 5) is 15.3. The molecule has 1 amide bonds. The molecule has 1 unspecified atom stereocenters. The van der Waals surface area contributed by atoms with Crippen LogP contribution >= 0.6 is 11.6 Å². The molecule has 1 aromatic heterocycles. The molecule has 1 aliphatic rings. The number of carbonyl (C=O) groups is 1. The van der Waals surface area contributed by atoms with Gasteiger partial charge >= 0.3 is 0 Å². The molecule has 6 heteroatoms. The standard InChI is InChI=1S/C25H28ClN3O2/c1-4-31-22-13-7-19(8-14-22)24-6-5-15-28(24)25(30)16-23-17(2)27-29(18(23)3)21-11-9-20(26)10-12-21/h7-14,24H,4-6,15-16H2,1-3H3. The number of aryl methyl sites for hydroxylation is 1. The number of likely N-dealkylation sites (tertiary alicyclic amines) is 1. The summed E-state index contributed by atoms with van der Waals surface area (Å²) in [6.07, 6.45) is 2.37. The van der Waals surface area contributed by atoms with Crippen LogP contribution in [0.2, 0.25) is 5.02 Å². The third kappa shape index (κ3) is 4.47. The second kappa shape index (κ2) is 9.15. The van der Waals surface area contributed by atoms with E-state index in [0.29, 0.717) is 18.1 Å². The summed E-state index contributed by atoms with van der Waals surface area (Å²) in [5, 5.41) is 5.37. The van der Waals surface area contributed by atoms with Gasteiger partial charge < -0.3 is 9.64 Å². The third-order valence-electron chi connectivity index (χ3n) is 5.99. The first-order valence-electron chi connectivity index (χ1n) is 10.8. The topological polar surface area (TPSA) is 47.4 Å². The number of amides is 1. The average molecular weight is 438 g/mol. The number of hydrogen-bond donors (Lipinski definition) is 0. The van der Waals surface area contributed by atoms with Gasteiger partial charge in [0.2, 0.25) is 5.91 Å². The third-order valence-corrected chi connectivity index (χ3v) is 6.24. The lowest BCUT2D eigenvalue weighted by Gasteiger charge is -2.25. The zero-order valence-corrected chi connectivity index (χ0v) is 19.0. The summed E-state index contributed by atoms with van der Waals surface area (Å²) in [5.74, 6) is 1.02. The van der Waals surface area contributed by atoms with Gasteiger partial charge in [-0.1, -0.05) is 23.7 Å². The van der Waals surface area contributed by atoms with Crippen molar-refractivity contribution < 1.29 is 9.53 Å². The maximum atomic E-state index is 13.3. The van der Waals surface area contributed by atoms with Gasteiger partial charge in [-0.05, 0) is 75.6 Å². The highest BCUT2D eigenvalue weighted by Crippen LogP contribution is 2.33. The Morgan fingerprint density at radius 2 is 1.84 bits per heavy atom. The van der Waals surface area contributed by atoms with Crippen molar-refractivity contribution in [1.29, 1.82) is 0 Å². The van der Waals surface area contributed by atoms with Crippen LogP contribution in [0.25, 0.3) is 5.69 Å².